The lowest BCUT2D eigenvalue weighted by atomic mass is 10.5. The number of carbonyl (C=O) groups excluding carboxylic acids is 1. The van der Waals surface area contributed by atoms with Crippen LogP contribution in [0.1, 0.15) is 10.5 Å². The highest BCUT2D eigenvalue weighted by molar-refractivity contribution is 7.23. The summed E-state index contributed by atoms with van der Waals surface area (Å²) in [6.07, 6.45) is 0.747. The number of thiophene rings is 1. The van der Waals surface area contributed by atoms with Gasteiger partial charge in [-0.25, -0.2) is 0 Å². The number of rotatable bonds is 1. The summed E-state index contributed by atoms with van der Waals surface area (Å²) >= 11 is 13.0. The molecule has 0 atom stereocenters. The van der Waals surface area contributed by atoms with Gasteiger partial charge in [0.05, 0.1) is 20.9 Å². The summed E-state index contributed by atoms with van der Waals surface area (Å²) in [5.74, 6) is 0. The molecule has 0 saturated carbocycles. The van der Waals surface area contributed by atoms with Gasteiger partial charge in [-0.15, -0.1) is 11.3 Å². The van der Waals surface area contributed by atoms with E-state index in [2.05, 4.69) is 4.98 Å². The van der Waals surface area contributed by atoms with Crippen molar-refractivity contribution in [1.29, 1.82) is 0 Å². The van der Waals surface area contributed by atoms with E-state index in [1.165, 1.54) is 11.3 Å². The van der Waals surface area contributed by atoms with Crippen molar-refractivity contribution in [3.63, 3.8) is 0 Å². The Hall–Kier alpha value is -0.510. The molecule has 0 spiro atoms. The van der Waals surface area contributed by atoms with Gasteiger partial charge in [-0.05, 0) is 6.07 Å². The highest BCUT2D eigenvalue weighted by Gasteiger charge is 2.10. The number of hydrogen-bond acceptors (Lipinski definition) is 2. The molecule has 2 aromatic heterocycles. The summed E-state index contributed by atoms with van der Waals surface area (Å²) in [4.78, 5) is 13.2. The molecular formula is C7H3Cl2NOS. The maximum atomic E-state index is 10.4. The third kappa shape index (κ3) is 1.05. The summed E-state index contributed by atoms with van der Waals surface area (Å²) in [7, 11) is 0. The van der Waals surface area contributed by atoms with Gasteiger partial charge in [0.2, 0.25) is 0 Å². The third-order valence-electron chi connectivity index (χ3n) is 1.52. The zero-order valence-corrected chi connectivity index (χ0v) is 8.06. The summed E-state index contributed by atoms with van der Waals surface area (Å²) in [5.41, 5.74) is 1.27. The SMILES string of the molecule is O=Cc1cc2sc(Cl)c(Cl)c2[nH]1. The molecule has 12 heavy (non-hydrogen) atoms. The number of aldehydes is 1. The Kier molecular flexibility index (Phi) is 1.87. The fourth-order valence-corrected chi connectivity index (χ4v) is 2.49. The Balaban J connectivity index is 2.79. The predicted molar refractivity (Wildman–Crippen MR) is 51.6 cm³/mol. The first-order valence-corrected chi connectivity index (χ1v) is 4.71. The van der Waals surface area contributed by atoms with E-state index in [-0.39, 0.29) is 0 Å². The van der Waals surface area contributed by atoms with Gasteiger partial charge in [-0.1, -0.05) is 23.2 Å². The Morgan fingerprint density at radius 2 is 2.25 bits per heavy atom. The number of halogens is 2. The van der Waals surface area contributed by atoms with Crippen molar-refractivity contribution in [3.8, 4) is 0 Å². The molecule has 2 rings (SSSR count). The van der Waals surface area contributed by atoms with Crippen LogP contribution < -0.4 is 0 Å². The first kappa shape index (κ1) is 8.10. The molecular weight excluding hydrogens is 217 g/mol. The molecule has 1 N–H and O–H groups in total. The van der Waals surface area contributed by atoms with Crippen LogP contribution in [0, 0.1) is 0 Å². The van der Waals surface area contributed by atoms with E-state index < -0.39 is 0 Å². The zero-order valence-electron chi connectivity index (χ0n) is 5.73. The fourth-order valence-electron chi connectivity index (χ4n) is 1.00. The highest BCUT2D eigenvalue weighted by Crippen LogP contribution is 2.38. The topological polar surface area (TPSA) is 32.9 Å². The summed E-state index contributed by atoms with van der Waals surface area (Å²) in [6.45, 7) is 0. The van der Waals surface area contributed by atoms with E-state index in [0.29, 0.717) is 15.1 Å². The Morgan fingerprint density at radius 3 is 2.83 bits per heavy atom. The van der Waals surface area contributed by atoms with E-state index >= 15 is 0 Å². The first-order valence-electron chi connectivity index (χ1n) is 3.14. The molecule has 2 heterocycles. The van der Waals surface area contributed by atoms with Crippen LogP contribution in [0.15, 0.2) is 6.07 Å². The van der Waals surface area contributed by atoms with E-state index in [0.717, 1.165) is 16.5 Å². The summed E-state index contributed by atoms with van der Waals surface area (Å²) < 4.78 is 1.46. The van der Waals surface area contributed by atoms with Crippen molar-refractivity contribution in [2.45, 2.75) is 0 Å². The average Bonchev–Trinajstić information content (AvgIpc) is 2.55. The van der Waals surface area contributed by atoms with Gasteiger partial charge in [0.15, 0.2) is 6.29 Å². The summed E-state index contributed by atoms with van der Waals surface area (Å²) in [6, 6.07) is 1.73. The van der Waals surface area contributed by atoms with Crippen LogP contribution in [0.3, 0.4) is 0 Å². The van der Waals surface area contributed by atoms with Crippen molar-refractivity contribution in [1.82, 2.24) is 4.98 Å². The molecule has 0 saturated heterocycles. The number of aromatic amines is 1. The van der Waals surface area contributed by atoms with Crippen LogP contribution in [0.4, 0.5) is 0 Å². The van der Waals surface area contributed by atoms with Gasteiger partial charge in [0.1, 0.15) is 4.34 Å². The molecule has 2 nitrogen and oxygen atoms in total. The van der Waals surface area contributed by atoms with E-state index in [1.54, 1.807) is 6.07 Å². The maximum Gasteiger partial charge on any atom is 0.166 e. The van der Waals surface area contributed by atoms with E-state index in [9.17, 15) is 4.79 Å². The van der Waals surface area contributed by atoms with E-state index in [1.807, 2.05) is 0 Å². The number of carbonyl (C=O) groups is 1. The normalized spacial score (nSPS) is 10.8. The van der Waals surface area contributed by atoms with Crippen LogP contribution >= 0.6 is 34.5 Å². The van der Waals surface area contributed by atoms with Crippen LogP contribution in [0.25, 0.3) is 10.2 Å². The smallest absolute Gasteiger partial charge is 0.166 e. The van der Waals surface area contributed by atoms with Crippen LogP contribution in [0.2, 0.25) is 9.36 Å². The van der Waals surface area contributed by atoms with E-state index in [4.69, 9.17) is 23.2 Å². The largest absolute Gasteiger partial charge is 0.350 e. The van der Waals surface area contributed by atoms with Crippen molar-refractivity contribution in [2.75, 3.05) is 0 Å². The second kappa shape index (κ2) is 2.76. The minimum atomic E-state index is 0.491. The molecule has 0 aliphatic heterocycles. The average molecular weight is 220 g/mol. The molecule has 0 aliphatic rings. The van der Waals surface area contributed by atoms with Gasteiger partial charge in [0, 0.05) is 0 Å². The van der Waals surface area contributed by atoms with Crippen molar-refractivity contribution in [2.24, 2.45) is 0 Å². The molecule has 5 heteroatoms. The minimum absolute atomic E-state index is 0.491. The number of hydrogen-bond donors (Lipinski definition) is 1. The quantitative estimate of drug-likeness (QED) is 0.734. The Bertz CT molecular complexity index is 445. The number of fused-ring (bicyclic) bond motifs is 1. The first-order chi connectivity index (χ1) is 5.72. The van der Waals surface area contributed by atoms with Gasteiger partial charge in [-0.2, -0.15) is 0 Å². The molecule has 0 fully saturated rings. The lowest BCUT2D eigenvalue weighted by Crippen LogP contribution is -1.75. The predicted octanol–water partition coefficient (Wildman–Crippen LogP) is 3.35. The van der Waals surface area contributed by atoms with Gasteiger partial charge in [0.25, 0.3) is 0 Å². The Labute approximate surface area is 82.1 Å². The lowest BCUT2D eigenvalue weighted by Gasteiger charge is -1.82. The third-order valence-corrected chi connectivity index (χ3v) is 3.45. The molecule has 0 aliphatic carbocycles. The number of aromatic nitrogens is 1. The maximum absolute atomic E-state index is 10.4. The van der Waals surface area contributed by atoms with Gasteiger partial charge < -0.3 is 4.98 Å². The molecule has 62 valence electrons. The monoisotopic (exact) mass is 219 g/mol. The van der Waals surface area contributed by atoms with Crippen molar-refractivity contribution >= 4 is 51.0 Å². The molecule has 0 bridgehead atoms. The van der Waals surface area contributed by atoms with Crippen LogP contribution in [-0.2, 0) is 0 Å². The van der Waals surface area contributed by atoms with Crippen molar-refractivity contribution < 1.29 is 4.79 Å². The molecule has 0 radical (unpaired) electrons. The number of nitrogens with one attached hydrogen (secondary N) is 1. The molecule has 0 amide bonds. The lowest BCUT2D eigenvalue weighted by molar-refractivity contribution is 0.112. The fraction of sp³-hybridized carbons (Fsp3) is 0. The summed E-state index contributed by atoms with van der Waals surface area (Å²) in [5, 5.41) is 0.491. The highest BCUT2D eigenvalue weighted by atomic mass is 35.5. The zero-order chi connectivity index (χ0) is 8.72. The molecule has 2 aromatic rings. The number of H-pyrrole nitrogens is 1. The standard InChI is InChI=1S/C7H3Cl2NOS/c8-5-6-4(12-7(5)9)1-3(2-11)10-6/h1-2,10H. The van der Waals surface area contributed by atoms with Gasteiger partial charge in [-0.3, -0.25) is 4.79 Å². The van der Waals surface area contributed by atoms with Crippen LogP contribution in [0.5, 0.6) is 0 Å². The molecule has 0 aromatic carbocycles. The second-order valence-corrected chi connectivity index (χ2v) is 4.30. The molecule has 0 unspecified atom stereocenters. The van der Waals surface area contributed by atoms with Crippen LogP contribution in [-0.4, -0.2) is 11.3 Å². The Morgan fingerprint density at radius 1 is 1.50 bits per heavy atom. The van der Waals surface area contributed by atoms with Crippen molar-refractivity contribution in [3.05, 3.63) is 21.1 Å². The minimum Gasteiger partial charge on any atom is -0.350 e. The second-order valence-electron chi connectivity index (χ2n) is 2.27. The van der Waals surface area contributed by atoms with Gasteiger partial charge >= 0.3 is 0 Å².